The van der Waals surface area contributed by atoms with E-state index in [-0.39, 0.29) is 17.5 Å². The molecule has 0 spiro atoms. The van der Waals surface area contributed by atoms with Crippen LogP contribution in [0.5, 0.6) is 0 Å². The molecule has 0 unspecified atom stereocenters. The number of thioether (sulfide) groups is 1. The molecule has 0 radical (unpaired) electrons. The molecule has 1 aromatic carbocycles. The summed E-state index contributed by atoms with van der Waals surface area (Å²) in [6.07, 6.45) is 3.00. The number of pyridine rings is 1. The fourth-order valence-corrected chi connectivity index (χ4v) is 3.23. The maximum absolute atomic E-state index is 13.4. The molecule has 7 heteroatoms. The highest BCUT2D eigenvalue weighted by atomic mass is 32.2. The highest BCUT2D eigenvalue weighted by molar-refractivity contribution is 8.00. The summed E-state index contributed by atoms with van der Waals surface area (Å²) in [7, 11) is 0. The van der Waals surface area contributed by atoms with Gasteiger partial charge in [0.25, 0.3) is 11.8 Å². The second-order valence-electron chi connectivity index (χ2n) is 4.66. The van der Waals surface area contributed by atoms with E-state index in [1.807, 2.05) is 0 Å². The number of nitrogens with zero attached hydrogens (tertiary/aromatic N) is 2. The minimum atomic E-state index is -0.436. The van der Waals surface area contributed by atoms with E-state index in [4.69, 9.17) is 0 Å². The van der Waals surface area contributed by atoms with Crippen LogP contribution < -0.4 is 5.43 Å². The summed E-state index contributed by atoms with van der Waals surface area (Å²) in [5.41, 5.74) is 3.62. The van der Waals surface area contributed by atoms with Gasteiger partial charge in [0.15, 0.2) is 0 Å². The third kappa shape index (κ3) is 2.94. The Hall–Kier alpha value is -2.41. The number of carbonyl (C=O) groups excluding carboxylic acids is 2. The lowest BCUT2D eigenvalue weighted by Crippen LogP contribution is -2.44. The molecule has 1 aromatic heterocycles. The number of carbonyl (C=O) groups is 2. The van der Waals surface area contributed by atoms with Crippen LogP contribution in [-0.4, -0.2) is 27.6 Å². The topological polar surface area (TPSA) is 62.3 Å². The van der Waals surface area contributed by atoms with Gasteiger partial charge in [0.1, 0.15) is 11.2 Å². The van der Waals surface area contributed by atoms with Crippen molar-refractivity contribution >= 4 is 23.6 Å². The first-order valence-corrected chi connectivity index (χ1v) is 7.60. The smallest absolute Gasteiger partial charge is 0.270 e. The van der Waals surface area contributed by atoms with Crippen LogP contribution >= 0.6 is 11.8 Å². The van der Waals surface area contributed by atoms with Crippen LogP contribution in [-0.2, 0) is 4.79 Å². The molecule has 0 bridgehead atoms. The van der Waals surface area contributed by atoms with Gasteiger partial charge in [-0.15, -0.1) is 11.8 Å². The van der Waals surface area contributed by atoms with Crippen molar-refractivity contribution in [1.82, 2.24) is 15.4 Å². The van der Waals surface area contributed by atoms with Crippen LogP contribution in [0.3, 0.4) is 0 Å². The predicted octanol–water partition coefficient (Wildman–Crippen LogP) is 2.14. The highest BCUT2D eigenvalue weighted by Crippen LogP contribution is 2.37. The molecular weight excluding hydrogens is 305 g/mol. The van der Waals surface area contributed by atoms with Gasteiger partial charge < -0.3 is 0 Å². The molecular formula is C15H12FN3O2S. The molecule has 1 fully saturated rings. The lowest BCUT2D eigenvalue weighted by molar-refractivity contribution is -0.130. The van der Waals surface area contributed by atoms with Gasteiger partial charge in [-0.1, -0.05) is 12.1 Å². The van der Waals surface area contributed by atoms with Gasteiger partial charge >= 0.3 is 0 Å². The minimum absolute atomic E-state index is 0.221. The molecule has 1 aliphatic rings. The number of nitrogens with one attached hydrogen (secondary N) is 1. The number of rotatable bonds is 3. The minimum Gasteiger partial charge on any atom is -0.272 e. The standard InChI is InChI=1S/C15H12FN3O2S/c16-12-3-1-2-11(8-12)15-19(13(20)9-22-15)18-14(21)10-4-6-17-7-5-10/h1-8,15H,9H2,(H,18,21)/t15-/m0/s1. The van der Waals surface area contributed by atoms with Gasteiger partial charge in [0, 0.05) is 18.0 Å². The molecule has 2 heterocycles. The number of halogens is 1. The van der Waals surface area contributed by atoms with Gasteiger partial charge in [-0.05, 0) is 29.8 Å². The molecule has 0 saturated carbocycles. The summed E-state index contributed by atoms with van der Waals surface area (Å²) < 4.78 is 13.4. The number of aromatic nitrogens is 1. The largest absolute Gasteiger partial charge is 0.272 e. The fourth-order valence-electron chi connectivity index (χ4n) is 2.13. The first kappa shape index (κ1) is 14.5. The monoisotopic (exact) mass is 317 g/mol. The summed E-state index contributed by atoms with van der Waals surface area (Å²) in [6.45, 7) is 0. The normalized spacial score (nSPS) is 17.6. The van der Waals surface area contributed by atoms with Crippen molar-refractivity contribution in [2.24, 2.45) is 0 Å². The molecule has 0 aliphatic carbocycles. The van der Waals surface area contributed by atoms with E-state index in [1.165, 1.54) is 41.3 Å². The average molecular weight is 317 g/mol. The molecule has 5 nitrogen and oxygen atoms in total. The Morgan fingerprint density at radius 1 is 1.32 bits per heavy atom. The van der Waals surface area contributed by atoms with E-state index < -0.39 is 11.3 Å². The first-order chi connectivity index (χ1) is 10.6. The molecule has 22 heavy (non-hydrogen) atoms. The summed E-state index contributed by atoms with van der Waals surface area (Å²) in [6, 6.07) is 9.12. The van der Waals surface area contributed by atoms with Crippen LogP contribution in [0.1, 0.15) is 21.3 Å². The zero-order valence-electron chi connectivity index (χ0n) is 11.4. The first-order valence-electron chi connectivity index (χ1n) is 6.55. The third-order valence-electron chi connectivity index (χ3n) is 3.17. The maximum Gasteiger partial charge on any atom is 0.270 e. The fraction of sp³-hybridized carbons (Fsp3) is 0.133. The van der Waals surface area contributed by atoms with E-state index >= 15 is 0 Å². The quantitative estimate of drug-likeness (QED) is 0.942. The summed E-state index contributed by atoms with van der Waals surface area (Å²) >= 11 is 1.34. The zero-order chi connectivity index (χ0) is 15.5. The summed E-state index contributed by atoms with van der Waals surface area (Å²) in [4.78, 5) is 28.0. The van der Waals surface area contributed by atoms with E-state index in [1.54, 1.807) is 24.3 Å². The zero-order valence-corrected chi connectivity index (χ0v) is 12.2. The molecule has 1 saturated heterocycles. The molecule has 112 valence electrons. The van der Waals surface area contributed by atoms with Crippen LogP contribution in [0.25, 0.3) is 0 Å². The molecule has 2 aromatic rings. The Morgan fingerprint density at radius 2 is 2.09 bits per heavy atom. The van der Waals surface area contributed by atoms with Crippen molar-refractivity contribution in [2.45, 2.75) is 5.37 Å². The lowest BCUT2D eigenvalue weighted by Gasteiger charge is -2.24. The van der Waals surface area contributed by atoms with Gasteiger partial charge in [0.2, 0.25) is 0 Å². The number of hydrogen-bond acceptors (Lipinski definition) is 4. The second-order valence-corrected chi connectivity index (χ2v) is 5.73. The van der Waals surface area contributed by atoms with Crippen LogP contribution in [0.15, 0.2) is 48.8 Å². The van der Waals surface area contributed by atoms with Gasteiger partial charge in [-0.25, -0.2) is 9.40 Å². The third-order valence-corrected chi connectivity index (χ3v) is 4.38. The lowest BCUT2D eigenvalue weighted by atomic mass is 10.2. The van der Waals surface area contributed by atoms with Crippen LogP contribution in [0.2, 0.25) is 0 Å². The molecule has 1 aliphatic heterocycles. The van der Waals surface area contributed by atoms with Crippen molar-refractivity contribution in [3.8, 4) is 0 Å². The van der Waals surface area contributed by atoms with Gasteiger partial charge in [-0.2, -0.15) is 0 Å². The Bertz CT molecular complexity index is 711. The SMILES string of the molecule is O=C(NN1C(=O)CS[C@H]1c1cccc(F)c1)c1ccncc1. The molecule has 2 amide bonds. The highest BCUT2D eigenvalue weighted by Gasteiger charge is 2.34. The van der Waals surface area contributed by atoms with Gasteiger partial charge in [-0.3, -0.25) is 20.0 Å². The van der Waals surface area contributed by atoms with Crippen LogP contribution in [0.4, 0.5) is 4.39 Å². The number of benzene rings is 1. The Balaban J connectivity index is 1.81. The average Bonchev–Trinajstić information content (AvgIpc) is 2.89. The van der Waals surface area contributed by atoms with E-state index in [0.29, 0.717) is 11.1 Å². The Kier molecular flexibility index (Phi) is 4.06. The summed E-state index contributed by atoms with van der Waals surface area (Å²) in [5.74, 6) is -0.767. The molecule has 3 rings (SSSR count). The van der Waals surface area contributed by atoms with Crippen molar-refractivity contribution in [3.63, 3.8) is 0 Å². The Morgan fingerprint density at radius 3 is 2.82 bits per heavy atom. The van der Waals surface area contributed by atoms with E-state index in [9.17, 15) is 14.0 Å². The van der Waals surface area contributed by atoms with Crippen LogP contribution in [0, 0.1) is 5.82 Å². The number of hydrazine groups is 1. The van der Waals surface area contributed by atoms with Crippen molar-refractivity contribution < 1.29 is 14.0 Å². The van der Waals surface area contributed by atoms with E-state index in [2.05, 4.69) is 10.4 Å². The Labute approximate surface area is 130 Å². The maximum atomic E-state index is 13.4. The van der Waals surface area contributed by atoms with Crippen molar-refractivity contribution in [1.29, 1.82) is 0 Å². The predicted molar refractivity (Wildman–Crippen MR) is 80.1 cm³/mol. The second kappa shape index (κ2) is 6.15. The number of amides is 2. The van der Waals surface area contributed by atoms with Gasteiger partial charge in [0.05, 0.1) is 5.75 Å². The molecule has 1 atom stereocenters. The summed E-state index contributed by atoms with van der Waals surface area (Å²) in [5, 5.41) is 0.816. The molecule has 1 N–H and O–H groups in total. The van der Waals surface area contributed by atoms with Crippen molar-refractivity contribution in [3.05, 3.63) is 65.7 Å². The van der Waals surface area contributed by atoms with Crippen molar-refractivity contribution in [2.75, 3.05) is 5.75 Å². The number of hydrogen-bond donors (Lipinski definition) is 1. The van der Waals surface area contributed by atoms with E-state index in [0.717, 1.165) is 0 Å².